The number of aryl methyl sites for hydroxylation is 1. The number of para-hydroxylation sites is 1. The molecule has 1 N–H and O–H groups in total. The van der Waals surface area contributed by atoms with Crippen LogP contribution in [0.25, 0.3) is 16.7 Å². The number of hydrogen-bond acceptors (Lipinski definition) is 5. The number of fused-ring (bicyclic) bond motifs is 2. The van der Waals surface area contributed by atoms with Crippen LogP contribution in [0.1, 0.15) is 57.5 Å². The molecule has 3 amide bonds. The van der Waals surface area contributed by atoms with Crippen LogP contribution in [-0.2, 0) is 0 Å². The van der Waals surface area contributed by atoms with E-state index in [1.165, 1.54) is 17.0 Å². The van der Waals surface area contributed by atoms with Crippen molar-refractivity contribution in [1.82, 2.24) is 19.7 Å². The van der Waals surface area contributed by atoms with Crippen LogP contribution in [0.4, 0.5) is 5.82 Å². The molecule has 0 fully saturated rings. The Hall–Kier alpha value is -4.33. The van der Waals surface area contributed by atoms with Gasteiger partial charge in [-0.1, -0.05) is 18.2 Å². The van der Waals surface area contributed by atoms with Gasteiger partial charge in [0.15, 0.2) is 5.82 Å². The fourth-order valence-corrected chi connectivity index (χ4v) is 4.12. The van der Waals surface area contributed by atoms with Gasteiger partial charge in [0.2, 0.25) is 0 Å². The summed E-state index contributed by atoms with van der Waals surface area (Å²) in [6, 6.07) is 17.8. The summed E-state index contributed by atoms with van der Waals surface area (Å²) < 4.78 is 1.57. The quantitative estimate of drug-likeness (QED) is 0.465. The summed E-state index contributed by atoms with van der Waals surface area (Å²) in [4.78, 5) is 44.6. The van der Waals surface area contributed by atoms with E-state index in [4.69, 9.17) is 0 Å². The first-order chi connectivity index (χ1) is 16.1. The number of nitrogens with zero attached hydrogens (tertiary/aromatic N) is 4. The second-order valence-electron chi connectivity index (χ2n) is 9.28. The molecule has 34 heavy (non-hydrogen) atoms. The van der Waals surface area contributed by atoms with Crippen molar-refractivity contribution in [1.29, 1.82) is 0 Å². The number of carbonyl (C=O) groups excluding carboxylic acids is 3. The highest BCUT2D eigenvalue weighted by Gasteiger charge is 2.42. The van der Waals surface area contributed by atoms with Crippen molar-refractivity contribution in [3.63, 3.8) is 0 Å². The van der Waals surface area contributed by atoms with Gasteiger partial charge in [0.25, 0.3) is 17.7 Å². The molecule has 0 aliphatic carbocycles. The van der Waals surface area contributed by atoms with E-state index in [-0.39, 0.29) is 17.0 Å². The number of pyridine rings is 1. The molecule has 5 rings (SSSR count). The Morgan fingerprint density at radius 2 is 1.65 bits per heavy atom. The maximum atomic E-state index is 13.1. The molecule has 0 spiro atoms. The van der Waals surface area contributed by atoms with Crippen molar-refractivity contribution >= 4 is 34.4 Å². The first-order valence-electron chi connectivity index (χ1n) is 10.9. The largest absolute Gasteiger partial charge is 0.306 e. The van der Waals surface area contributed by atoms with Gasteiger partial charge in [0.05, 0.1) is 22.3 Å². The highest BCUT2D eigenvalue weighted by molar-refractivity contribution is 6.22. The molecular formula is C26H23N5O3. The molecular weight excluding hydrogens is 430 g/mol. The summed E-state index contributed by atoms with van der Waals surface area (Å²) in [7, 11) is 0. The summed E-state index contributed by atoms with van der Waals surface area (Å²) in [5.41, 5.74) is 1.67. The van der Waals surface area contributed by atoms with Crippen LogP contribution in [-0.4, -0.2) is 42.9 Å². The molecule has 8 heteroatoms. The van der Waals surface area contributed by atoms with E-state index in [1.807, 2.05) is 43.3 Å². The van der Waals surface area contributed by atoms with Gasteiger partial charge in [0.1, 0.15) is 5.82 Å². The number of benzene rings is 2. The summed E-state index contributed by atoms with van der Waals surface area (Å²) in [6.45, 7) is 7.22. The summed E-state index contributed by atoms with van der Waals surface area (Å²) in [5.74, 6) is -0.153. The van der Waals surface area contributed by atoms with E-state index in [2.05, 4.69) is 15.4 Å². The average Bonchev–Trinajstić information content (AvgIpc) is 3.29. The second kappa shape index (κ2) is 7.62. The van der Waals surface area contributed by atoms with Crippen LogP contribution in [0.5, 0.6) is 0 Å². The number of nitrogens with one attached hydrogen (secondary N) is 1. The zero-order valence-electron chi connectivity index (χ0n) is 19.3. The van der Waals surface area contributed by atoms with Gasteiger partial charge >= 0.3 is 0 Å². The van der Waals surface area contributed by atoms with Crippen molar-refractivity contribution < 1.29 is 14.4 Å². The molecule has 8 nitrogen and oxygen atoms in total. The molecule has 0 radical (unpaired) electrons. The summed E-state index contributed by atoms with van der Waals surface area (Å²) in [5, 5.41) is 8.35. The number of aromatic nitrogens is 3. The monoisotopic (exact) mass is 453 g/mol. The SMILES string of the molecule is Cc1cc(NC(=O)c2ccc3c(c2)C(=O)N(C(C)(C)C)C3=O)n(-c2ccc3ccccc3n2)n1. The Bertz CT molecular complexity index is 1500. The Labute approximate surface area is 196 Å². The van der Waals surface area contributed by atoms with Gasteiger partial charge in [-0.3, -0.25) is 19.3 Å². The number of anilines is 1. The van der Waals surface area contributed by atoms with Gasteiger partial charge in [-0.2, -0.15) is 9.78 Å². The van der Waals surface area contributed by atoms with E-state index in [0.717, 1.165) is 10.9 Å². The maximum Gasteiger partial charge on any atom is 0.262 e. The van der Waals surface area contributed by atoms with Gasteiger partial charge < -0.3 is 5.32 Å². The lowest BCUT2D eigenvalue weighted by Crippen LogP contribution is -2.45. The number of hydrogen-bond donors (Lipinski definition) is 1. The van der Waals surface area contributed by atoms with E-state index >= 15 is 0 Å². The zero-order chi connectivity index (χ0) is 24.2. The molecule has 0 bridgehead atoms. The smallest absolute Gasteiger partial charge is 0.262 e. The van der Waals surface area contributed by atoms with Crippen molar-refractivity contribution in [2.75, 3.05) is 5.32 Å². The van der Waals surface area contributed by atoms with E-state index in [1.54, 1.807) is 37.6 Å². The maximum absolute atomic E-state index is 13.1. The normalized spacial score (nSPS) is 13.5. The highest BCUT2D eigenvalue weighted by Crippen LogP contribution is 2.30. The van der Waals surface area contributed by atoms with Gasteiger partial charge in [-0.15, -0.1) is 0 Å². The minimum atomic E-state index is -0.660. The molecule has 4 aromatic rings. The van der Waals surface area contributed by atoms with Gasteiger partial charge in [-0.25, -0.2) is 4.98 Å². The predicted octanol–water partition coefficient (Wildman–Crippen LogP) is 4.38. The lowest BCUT2D eigenvalue weighted by atomic mass is 10.1. The zero-order valence-corrected chi connectivity index (χ0v) is 19.3. The van der Waals surface area contributed by atoms with Crippen LogP contribution in [0.15, 0.2) is 60.7 Å². The average molecular weight is 454 g/mol. The molecule has 170 valence electrons. The van der Waals surface area contributed by atoms with Crippen molar-refractivity contribution in [2.45, 2.75) is 33.2 Å². The minimum Gasteiger partial charge on any atom is -0.306 e. The van der Waals surface area contributed by atoms with Crippen LogP contribution < -0.4 is 5.32 Å². The summed E-state index contributed by atoms with van der Waals surface area (Å²) >= 11 is 0. The molecule has 1 aliphatic heterocycles. The third-order valence-electron chi connectivity index (χ3n) is 5.69. The van der Waals surface area contributed by atoms with Crippen LogP contribution >= 0.6 is 0 Å². The topological polar surface area (TPSA) is 97.2 Å². The third-order valence-corrected chi connectivity index (χ3v) is 5.69. The molecule has 0 unspecified atom stereocenters. The number of amides is 3. The van der Waals surface area contributed by atoms with Crippen LogP contribution in [0, 0.1) is 6.92 Å². The highest BCUT2D eigenvalue weighted by atomic mass is 16.2. The molecule has 3 heterocycles. The molecule has 0 saturated carbocycles. The van der Waals surface area contributed by atoms with E-state index < -0.39 is 17.4 Å². The fourth-order valence-electron chi connectivity index (χ4n) is 4.12. The number of rotatable bonds is 3. The lowest BCUT2D eigenvalue weighted by molar-refractivity contribution is 0.0507. The van der Waals surface area contributed by atoms with Crippen LogP contribution in [0.2, 0.25) is 0 Å². The summed E-state index contributed by atoms with van der Waals surface area (Å²) in [6.07, 6.45) is 0. The number of imide groups is 1. The fraction of sp³-hybridized carbons (Fsp3) is 0.192. The first-order valence-corrected chi connectivity index (χ1v) is 10.9. The predicted molar refractivity (Wildman–Crippen MR) is 128 cm³/mol. The first kappa shape index (κ1) is 21.5. The van der Waals surface area contributed by atoms with Crippen molar-refractivity contribution in [3.8, 4) is 5.82 Å². The second-order valence-corrected chi connectivity index (χ2v) is 9.28. The molecule has 0 saturated heterocycles. The number of carbonyl (C=O) groups is 3. The van der Waals surface area contributed by atoms with Gasteiger partial charge in [-0.05, 0) is 64.1 Å². The molecule has 2 aromatic carbocycles. The van der Waals surface area contributed by atoms with E-state index in [9.17, 15) is 14.4 Å². The molecule has 2 aromatic heterocycles. The molecule has 1 aliphatic rings. The van der Waals surface area contributed by atoms with E-state index in [0.29, 0.717) is 22.9 Å². The van der Waals surface area contributed by atoms with Crippen molar-refractivity contribution in [2.24, 2.45) is 0 Å². The Kier molecular flexibility index (Phi) is 4.82. The van der Waals surface area contributed by atoms with Crippen LogP contribution in [0.3, 0.4) is 0 Å². The van der Waals surface area contributed by atoms with Crippen molar-refractivity contribution in [3.05, 3.63) is 83.0 Å². The Morgan fingerprint density at radius 1 is 0.912 bits per heavy atom. The molecule has 0 atom stereocenters. The lowest BCUT2D eigenvalue weighted by Gasteiger charge is -2.29. The van der Waals surface area contributed by atoms with Gasteiger partial charge in [0, 0.05) is 22.6 Å². The minimum absolute atomic E-state index is 0.230. The standard InChI is InChI=1S/C26H23N5O3/c1-15-13-22(31(29-15)21-12-10-16-7-5-6-8-20(16)27-21)28-23(32)17-9-11-18-19(14-17)25(34)30(24(18)33)26(2,3)4/h5-14H,1-4H3,(H,28,32). The Balaban J connectivity index is 1.46. The Morgan fingerprint density at radius 3 is 2.41 bits per heavy atom. The third kappa shape index (κ3) is 3.53.